The van der Waals surface area contributed by atoms with Crippen molar-refractivity contribution in [3.63, 3.8) is 0 Å². The monoisotopic (exact) mass is 212 g/mol. The van der Waals surface area contributed by atoms with Crippen molar-refractivity contribution in [3.8, 4) is 0 Å². The fourth-order valence-corrected chi connectivity index (χ4v) is 1.96. The van der Waals surface area contributed by atoms with Crippen molar-refractivity contribution in [1.82, 2.24) is 4.98 Å². The van der Waals surface area contributed by atoms with E-state index >= 15 is 0 Å². The van der Waals surface area contributed by atoms with Crippen LogP contribution in [0.1, 0.15) is 0 Å². The van der Waals surface area contributed by atoms with Gasteiger partial charge in [0, 0.05) is 16.8 Å². The van der Waals surface area contributed by atoms with Crippen molar-refractivity contribution in [3.05, 3.63) is 48.3 Å². The van der Waals surface area contributed by atoms with E-state index in [1.807, 2.05) is 24.3 Å². The van der Waals surface area contributed by atoms with Crippen LogP contribution in [0.3, 0.4) is 0 Å². The minimum Gasteiger partial charge on any atom is -0.383 e. The molecule has 0 saturated carbocycles. The van der Waals surface area contributed by atoms with E-state index < -0.39 is 0 Å². The van der Waals surface area contributed by atoms with Crippen LogP contribution in [0.5, 0.6) is 0 Å². The van der Waals surface area contributed by atoms with E-state index in [1.165, 1.54) is 12.1 Å². The summed E-state index contributed by atoms with van der Waals surface area (Å²) in [6, 6.07) is 12.3. The van der Waals surface area contributed by atoms with E-state index in [-0.39, 0.29) is 5.82 Å². The zero-order valence-corrected chi connectivity index (χ0v) is 8.44. The average Bonchev–Trinajstić information content (AvgIpc) is 2.29. The summed E-state index contributed by atoms with van der Waals surface area (Å²) < 4.78 is 13.1. The van der Waals surface area contributed by atoms with Crippen molar-refractivity contribution in [2.24, 2.45) is 0 Å². The number of hydrogen-bond donors (Lipinski definition) is 1. The van der Waals surface area contributed by atoms with Crippen molar-refractivity contribution < 1.29 is 4.39 Å². The molecule has 0 aliphatic heterocycles. The molecule has 0 atom stereocenters. The van der Waals surface area contributed by atoms with Gasteiger partial charge in [0.05, 0.1) is 5.52 Å². The topological polar surface area (TPSA) is 38.9 Å². The number of nitrogens with two attached hydrogens (primary N) is 1. The Kier molecular flexibility index (Phi) is 1.80. The molecule has 0 spiro atoms. The molecule has 1 aromatic heterocycles. The van der Waals surface area contributed by atoms with Crippen LogP contribution in [-0.2, 0) is 0 Å². The zero-order chi connectivity index (χ0) is 11.1. The summed E-state index contributed by atoms with van der Waals surface area (Å²) >= 11 is 0. The van der Waals surface area contributed by atoms with Gasteiger partial charge in [0.2, 0.25) is 0 Å². The van der Waals surface area contributed by atoms with Gasteiger partial charge in [-0.2, -0.15) is 0 Å². The number of benzene rings is 2. The SMILES string of the molecule is Nc1nc2cc(F)ccc2c2ccccc12. The van der Waals surface area contributed by atoms with E-state index in [0.29, 0.717) is 11.3 Å². The Bertz CT molecular complexity index is 692. The summed E-state index contributed by atoms with van der Waals surface area (Å²) in [6.45, 7) is 0. The highest BCUT2D eigenvalue weighted by molar-refractivity contribution is 6.09. The lowest BCUT2D eigenvalue weighted by Gasteiger charge is -2.05. The molecule has 0 saturated heterocycles. The number of rotatable bonds is 0. The van der Waals surface area contributed by atoms with E-state index in [9.17, 15) is 4.39 Å². The number of nitrogen functional groups attached to an aromatic ring is 1. The highest BCUT2D eigenvalue weighted by Gasteiger charge is 2.05. The fourth-order valence-electron chi connectivity index (χ4n) is 1.96. The van der Waals surface area contributed by atoms with Crippen LogP contribution in [0.4, 0.5) is 10.2 Å². The lowest BCUT2D eigenvalue weighted by Crippen LogP contribution is -1.93. The molecule has 16 heavy (non-hydrogen) atoms. The molecule has 3 heteroatoms. The Labute approximate surface area is 91.5 Å². The van der Waals surface area contributed by atoms with Crippen molar-refractivity contribution in [2.75, 3.05) is 5.73 Å². The van der Waals surface area contributed by atoms with Gasteiger partial charge >= 0.3 is 0 Å². The molecule has 0 radical (unpaired) electrons. The second kappa shape index (κ2) is 3.17. The van der Waals surface area contributed by atoms with Gasteiger partial charge in [-0.15, -0.1) is 0 Å². The van der Waals surface area contributed by atoms with Crippen molar-refractivity contribution in [2.45, 2.75) is 0 Å². The first-order chi connectivity index (χ1) is 7.75. The predicted molar refractivity (Wildman–Crippen MR) is 63.6 cm³/mol. The maximum atomic E-state index is 13.1. The second-order valence-corrected chi connectivity index (χ2v) is 3.70. The number of halogens is 1. The van der Waals surface area contributed by atoms with Crippen molar-refractivity contribution in [1.29, 1.82) is 0 Å². The Morgan fingerprint density at radius 1 is 0.938 bits per heavy atom. The van der Waals surface area contributed by atoms with E-state index in [4.69, 9.17) is 5.73 Å². The van der Waals surface area contributed by atoms with E-state index in [0.717, 1.165) is 16.2 Å². The Balaban J connectivity index is 2.59. The van der Waals surface area contributed by atoms with Crippen LogP contribution in [0, 0.1) is 5.82 Å². The van der Waals surface area contributed by atoms with Crippen LogP contribution < -0.4 is 5.73 Å². The van der Waals surface area contributed by atoms with Gasteiger partial charge in [0.15, 0.2) is 0 Å². The molecule has 0 fully saturated rings. The molecule has 0 aliphatic rings. The molecule has 3 aromatic rings. The highest BCUT2D eigenvalue weighted by atomic mass is 19.1. The van der Waals surface area contributed by atoms with Crippen molar-refractivity contribution >= 4 is 27.5 Å². The molecular formula is C13H9FN2. The normalized spacial score (nSPS) is 11.1. The minimum absolute atomic E-state index is 0.297. The van der Waals surface area contributed by atoms with Gasteiger partial charge in [-0.25, -0.2) is 9.37 Å². The molecule has 2 nitrogen and oxygen atoms in total. The van der Waals surface area contributed by atoms with E-state index in [1.54, 1.807) is 6.07 Å². The number of anilines is 1. The predicted octanol–water partition coefficient (Wildman–Crippen LogP) is 3.11. The largest absolute Gasteiger partial charge is 0.383 e. The summed E-state index contributed by atoms with van der Waals surface area (Å²) in [6.07, 6.45) is 0. The molecular weight excluding hydrogens is 203 g/mol. The summed E-state index contributed by atoms with van der Waals surface area (Å²) in [5.41, 5.74) is 6.43. The number of pyridine rings is 1. The molecule has 0 aliphatic carbocycles. The molecule has 2 N–H and O–H groups in total. The first-order valence-corrected chi connectivity index (χ1v) is 4.99. The lowest BCUT2D eigenvalue weighted by molar-refractivity contribution is 0.629. The maximum Gasteiger partial charge on any atom is 0.131 e. The average molecular weight is 212 g/mol. The fraction of sp³-hybridized carbons (Fsp3) is 0. The number of hydrogen-bond acceptors (Lipinski definition) is 2. The molecule has 0 bridgehead atoms. The Morgan fingerprint density at radius 3 is 2.50 bits per heavy atom. The maximum absolute atomic E-state index is 13.1. The van der Waals surface area contributed by atoms with E-state index in [2.05, 4.69) is 4.98 Å². The minimum atomic E-state index is -0.297. The molecule has 3 rings (SSSR count). The lowest BCUT2D eigenvalue weighted by atomic mass is 10.1. The third-order valence-electron chi connectivity index (χ3n) is 2.69. The summed E-state index contributed by atoms with van der Waals surface area (Å²) in [7, 11) is 0. The Morgan fingerprint density at radius 2 is 1.69 bits per heavy atom. The van der Waals surface area contributed by atoms with Gasteiger partial charge in [0.25, 0.3) is 0 Å². The Hall–Kier alpha value is -2.16. The quantitative estimate of drug-likeness (QED) is 0.581. The van der Waals surface area contributed by atoms with Gasteiger partial charge in [-0.1, -0.05) is 24.3 Å². The number of nitrogens with zero attached hydrogens (tertiary/aromatic N) is 1. The van der Waals surface area contributed by atoms with Gasteiger partial charge in [0.1, 0.15) is 11.6 Å². The van der Waals surface area contributed by atoms with Gasteiger partial charge in [-0.05, 0) is 17.5 Å². The molecule has 78 valence electrons. The number of fused-ring (bicyclic) bond motifs is 3. The highest BCUT2D eigenvalue weighted by Crippen LogP contribution is 2.27. The number of aromatic nitrogens is 1. The summed E-state index contributed by atoms with van der Waals surface area (Å²) in [4.78, 5) is 4.20. The van der Waals surface area contributed by atoms with Gasteiger partial charge in [-0.3, -0.25) is 0 Å². The third kappa shape index (κ3) is 1.21. The molecule has 1 heterocycles. The first-order valence-electron chi connectivity index (χ1n) is 4.99. The smallest absolute Gasteiger partial charge is 0.131 e. The standard InChI is InChI=1S/C13H9FN2/c14-8-5-6-10-9-3-1-2-4-11(9)13(15)16-12(10)7-8/h1-7H,(H2,15,16). The van der Waals surface area contributed by atoms with Crippen LogP contribution >= 0.6 is 0 Å². The molecule has 0 unspecified atom stereocenters. The second-order valence-electron chi connectivity index (χ2n) is 3.70. The zero-order valence-electron chi connectivity index (χ0n) is 8.44. The van der Waals surface area contributed by atoms with Crippen LogP contribution in [0.25, 0.3) is 21.7 Å². The summed E-state index contributed by atoms with van der Waals surface area (Å²) in [5.74, 6) is 0.142. The summed E-state index contributed by atoms with van der Waals surface area (Å²) in [5, 5.41) is 2.83. The first kappa shape index (κ1) is 9.09. The third-order valence-corrected chi connectivity index (χ3v) is 2.69. The molecule has 2 aromatic carbocycles. The van der Waals surface area contributed by atoms with Crippen LogP contribution in [-0.4, -0.2) is 4.98 Å². The molecule has 0 amide bonds. The van der Waals surface area contributed by atoms with Gasteiger partial charge < -0.3 is 5.73 Å². The van der Waals surface area contributed by atoms with Crippen LogP contribution in [0.2, 0.25) is 0 Å². The van der Waals surface area contributed by atoms with Crippen LogP contribution in [0.15, 0.2) is 42.5 Å².